The number of furan rings is 1. The Morgan fingerprint density at radius 1 is 1.00 bits per heavy atom. The molecule has 1 fully saturated rings. The maximum absolute atomic E-state index is 8.94. The molecule has 26 heavy (non-hydrogen) atoms. The van der Waals surface area contributed by atoms with Crippen molar-refractivity contribution in [3.05, 3.63) is 59.9 Å². The highest BCUT2D eigenvalue weighted by Crippen LogP contribution is 2.28. The Kier molecular flexibility index (Phi) is 4.53. The van der Waals surface area contributed by atoms with Gasteiger partial charge >= 0.3 is 0 Å². The fourth-order valence-corrected chi connectivity index (χ4v) is 4.07. The van der Waals surface area contributed by atoms with Crippen molar-refractivity contribution >= 4 is 11.0 Å². The average Bonchev–Trinajstić information content (AvgIpc) is 3.22. The minimum atomic E-state index is 0.678. The van der Waals surface area contributed by atoms with Crippen LogP contribution in [0.2, 0.25) is 0 Å². The Balaban J connectivity index is 1.53. The van der Waals surface area contributed by atoms with Gasteiger partial charge in [-0.05, 0) is 68.1 Å². The molecule has 0 unspecified atom stereocenters. The lowest BCUT2D eigenvalue weighted by atomic mass is 10.0. The van der Waals surface area contributed by atoms with E-state index in [0.717, 1.165) is 40.8 Å². The van der Waals surface area contributed by atoms with Gasteiger partial charge in [-0.1, -0.05) is 18.2 Å². The van der Waals surface area contributed by atoms with Crippen molar-refractivity contribution in [3.63, 3.8) is 0 Å². The van der Waals surface area contributed by atoms with Crippen molar-refractivity contribution in [1.82, 2.24) is 4.90 Å². The van der Waals surface area contributed by atoms with E-state index in [0.29, 0.717) is 17.6 Å². The summed E-state index contributed by atoms with van der Waals surface area (Å²) in [6.07, 6.45) is 3.56. The van der Waals surface area contributed by atoms with Crippen LogP contribution in [0.25, 0.3) is 22.1 Å². The Morgan fingerprint density at radius 2 is 1.69 bits per heavy atom. The van der Waals surface area contributed by atoms with Gasteiger partial charge in [0.25, 0.3) is 0 Å². The van der Waals surface area contributed by atoms with Gasteiger partial charge in [0.05, 0.1) is 11.6 Å². The van der Waals surface area contributed by atoms with Crippen molar-refractivity contribution in [2.45, 2.75) is 45.2 Å². The zero-order valence-corrected chi connectivity index (χ0v) is 15.4. The summed E-state index contributed by atoms with van der Waals surface area (Å²) in [5.41, 5.74) is 3.90. The Bertz CT molecular complexity index is 938. The molecule has 0 aliphatic carbocycles. The fourth-order valence-electron chi connectivity index (χ4n) is 4.07. The van der Waals surface area contributed by atoms with Crippen molar-refractivity contribution in [3.8, 4) is 17.2 Å². The molecular formula is C23H24N2O. The molecule has 0 bridgehead atoms. The number of hydrogen-bond acceptors (Lipinski definition) is 3. The Labute approximate surface area is 154 Å². The maximum Gasteiger partial charge on any atom is 0.134 e. The van der Waals surface area contributed by atoms with E-state index in [4.69, 9.17) is 9.68 Å². The van der Waals surface area contributed by atoms with Crippen LogP contribution in [0.3, 0.4) is 0 Å². The third-order valence-electron chi connectivity index (χ3n) is 5.67. The topological polar surface area (TPSA) is 40.2 Å². The molecule has 1 aromatic heterocycles. The molecule has 0 N–H and O–H groups in total. The highest BCUT2D eigenvalue weighted by Gasteiger charge is 2.26. The normalized spacial score (nSPS) is 20.5. The van der Waals surface area contributed by atoms with Gasteiger partial charge in [-0.25, -0.2) is 0 Å². The van der Waals surface area contributed by atoms with Crippen molar-refractivity contribution in [2.75, 3.05) is 6.54 Å². The van der Waals surface area contributed by atoms with Crippen LogP contribution in [-0.4, -0.2) is 23.5 Å². The zero-order valence-electron chi connectivity index (χ0n) is 15.4. The molecule has 3 heteroatoms. The van der Waals surface area contributed by atoms with E-state index in [-0.39, 0.29) is 0 Å². The minimum absolute atomic E-state index is 0.678. The second-order valence-corrected chi connectivity index (χ2v) is 7.42. The zero-order chi connectivity index (χ0) is 18.1. The number of nitrogens with zero attached hydrogens (tertiary/aromatic N) is 2. The van der Waals surface area contributed by atoms with Crippen LogP contribution >= 0.6 is 0 Å². The first kappa shape index (κ1) is 16.9. The molecule has 0 radical (unpaired) electrons. The van der Waals surface area contributed by atoms with Gasteiger partial charge in [-0.15, -0.1) is 0 Å². The number of rotatable bonds is 4. The first-order valence-corrected chi connectivity index (χ1v) is 9.43. The predicted octanol–water partition coefficient (Wildman–Crippen LogP) is 5.39. The van der Waals surface area contributed by atoms with Crippen LogP contribution in [0.5, 0.6) is 0 Å². The molecule has 132 valence electrons. The molecule has 2 aromatic carbocycles. The lowest BCUT2D eigenvalue weighted by Crippen LogP contribution is -2.34. The lowest BCUT2D eigenvalue weighted by Gasteiger charge is -2.25. The van der Waals surface area contributed by atoms with Gasteiger partial charge in [0.2, 0.25) is 0 Å². The third kappa shape index (κ3) is 3.25. The fraction of sp³-hybridized carbons (Fsp3) is 0.348. The van der Waals surface area contributed by atoms with Crippen LogP contribution in [0.4, 0.5) is 0 Å². The van der Waals surface area contributed by atoms with Crippen LogP contribution in [0.15, 0.2) is 52.9 Å². The largest absolute Gasteiger partial charge is 0.461 e. The van der Waals surface area contributed by atoms with Gasteiger partial charge in [0.1, 0.15) is 11.3 Å². The summed E-state index contributed by atoms with van der Waals surface area (Å²) in [5.74, 6) is 1.06. The van der Waals surface area contributed by atoms with Gasteiger partial charge in [0, 0.05) is 30.4 Å². The molecule has 0 saturated carbocycles. The average molecular weight is 344 g/mol. The highest BCUT2D eigenvalue weighted by molar-refractivity contribution is 5.84. The van der Waals surface area contributed by atoms with Gasteiger partial charge in [-0.3, -0.25) is 4.90 Å². The van der Waals surface area contributed by atoms with E-state index in [2.05, 4.69) is 43.0 Å². The van der Waals surface area contributed by atoms with E-state index < -0.39 is 0 Å². The van der Waals surface area contributed by atoms with Crippen molar-refractivity contribution in [1.29, 1.82) is 5.26 Å². The van der Waals surface area contributed by atoms with Crippen LogP contribution in [0.1, 0.15) is 38.0 Å². The molecule has 2 heterocycles. The first-order chi connectivity index (χ1) is 12.6. The Morgan fingerprint density at radius 3 is 2.38 bits per heavy atom. The summed E-state index contributed by atoms with van der Waals surface area (Å²) in [4.78, 5) is 2.59. The SMILES string of the molecule is C[C@@H]1CC[C@H](C)N1CCc1cc2cc(-c3ccc(C#N)cc3)ccc2o1. The van der Waals surface area contributed by atoms with E-state index in [1.54, 1.807) is 0 Å². The van der Waals surface area contributed by atoms with E-state index in [1.165, 1.54) is 12.8 Å². The smallest absolute Gasteiger partial charge is 0.134 e. The molecule has 3 nitrogen and oxygen atoms in total. The second-order valence-electron chi connectivity index (χ2n) is 7.42. The van der Waals surface area contributed by atoms with E-state index >= 15 is 0 Å². The number of benzene rings is 2. The molecule has 3 aromatic rings. The number of hydrogen-bond donors (Lipinski definition) is 0. The minimum Gasteiger partial charge on any atom is -0.461 e. The number of nitriles is 1. The molecule has 2 atom stereocenters. The third-order valence-corrected chi connectivity index (χ3v) is 5.67. The lowest BCUT2D eigenvalue weighted by molar-refractivity contribution is 0.213. The first-order valence-electron chi connectivity index (χ1n) is 9.43. The number of fused-ring (bicyclic) bond motifs is 1. The summed E-state index contributed by atoms with van der Waals surface area (Å²) in [7, 11) is 0. The summed E-state index contributed by atoms with van der Waals surface area (Å²) in [5, 5.41) is 10.1. The standard InChI is InChI=1S/C23H24N2O/c1-16-3-4-17(2)25(16)12-11-22-14-21-13-20(9-10-23(21)26-22)19-7-5-18(15-24)6-8-19/h5-10,13-14,16-17H,3-4,11-12H2,1-2H3/t16-,17+. The maximum atomic E-state index is 8.94. The quantitative estimate of drug-likeness (QED) is 0.637. The van der Waals surface area contributed by atoms with Crippen LogP contribution in [-0.2, 0) is 6.42 Å². The van der Waals surface area contributed by atoms with E-state index in [1.807, 2.05) is 30.3 Å². The predicted molar refractivity (Wildman–Crippen MR) is 105 cm³/mol. The summed E-state index contributed by atoms with van der Waals surface area (Å²) < 4.78 is 6.06. The van der Waals surface area contributed by atoms with Crippen LogP contribution in [0, 0.1) is 11.3 Å². The molecule has 4 rings (SSSR count). The molecular weight excluding hydrogens is 320 g/mol. The van der Waals surface area contributed by atoms with E-state index in [9.17, 15) is 0 Å². The molecule has 0 amide bonds. The highest BCUT2D eigenvalue weighted by atomic mass is 16.3. The van der Waals surface area contributed by atoms with Crippen molar-refractivity contribution in [2.24, 2.45) is 0 Å². The van der Waals surface area contributed by atoms with Crippen LogP contribution < -0.4 is 0 Å². The molecule has 1 saturated heterocycles. The summed E-state index contributed by atoms with van der Waals surface area (Å²) >= 11 is 0. The van der Waals surface area contributed by atoms with Gasteiger partial charge in [-0.2, -0.15) is 5.26 Å². The Hall–Kier alpha value is -2.57. The monoisotopic (exact) mass is 344 g/mol. The summed E-state index contributed by atoms with van der Waals surface area (Å²) in [6, 6.07) is 19.7. The molecule has 1 aliphatic rings. The molecule has 1 aliphatic heterocycles. The second kappa shape index (κ2) is 6.97. The van der Waals surface area contributed by atoms with Gasteiger partial charge < -0.3 is 4.42 Å². The molecule has 0 spiro atoms. The number of likely N-dealkylation sites (tertiary alicyclic amines) is 1. The van der Waals surface area contributed by atoms with Gasteiger partial charge in [0.15, 0.2) is 0 Å². The summed E-state index contributed by atoms with van der Waals surface area (Å²) in [6.45, 7) is 5.71. The van der Waals surface area contributed by atoms with Crippen molar-refractivity contribution < 1.29 is 4.42 Å².